The second kappa shape index (κ2) is 6.20. The van der Waals surface area contributed by atoms with Gasteiger partial charge in [-0.25, -0.2) is 0 Å². The van der Waals surface area contributed by atoms with Crippen molar-refractivity contribution in [1.82, 2.24) is 14.1 Å². The topological polar surface area (TPSA) is 75.0 Å². The fourth-order valence-corrected chi connectivity index (χ4v) is 5.54. The zero-order valence-electron chi connectivity index (χ0n) is 13.6. The van der Waals surface area contributed by atoms with Gasteiger partial charge in [0, 0.05) is 0 Å². The number of aromatic nitrogens is 2. The second-order valence-electron chi connectivity index (χ2n) is 5.96. The van der Waals surface area contributed by atoms with E-state index in [9.17, 15) is 8.42 Å². The minimum Gasteiger partial charge on any atom is -0.273 e. The molecule has 0 amide bonds. The molecule has 0 aliphatic carbocycles. The normalized spacial score (nSPS) is 14.9. The number of amidine groups is 1. The monoisotopic (exact) mass is 373 g/mol. The highest BCUT2D eigenvalue weighted by Crippen LogP contribution is 2.27. The highest BCUT2D eigenvalue weighted by Gasteiger charge is 2.35. The third-order valence-electron chi connectivity index (χ3n) is 4.29. The van der Waals surface area contributed by atoms with Crippen molar-refractivity contribution in [3.05, 3.63) is 53.6 Å². The minimum atomic E-state index is -3.70. The number of rotatable bonds is 4. The first-order valence-corrected chi connectivity index (χ1v) is 10.1. The van der Waals surface area contributed by atoms with Crippen LogP contribution < -0.4 is 5.32 Å². The van der Waals surface area contributed by atoms with Crippen molar-refractivity contribution in [1.29, 1.82) is 0 Å². The first-order valence-electron chi connectivity index (χ1n) is 7.95. The average molecular weight is 373 g/mol. The molecule has 1 aliphatic heterocycles. The lowest BCUT2D eigenvalue weighted by molar-refractivity contribution is -0.354. The predicted molar refractivity (Wildman–Crippen MR) is 97.6 cm³/mol. The molecule has 0 radical (unpaired) electrons. The second-order valence-corrected chi connectivity index (χ2v) is 8.28. The number of hydrogen-bond acceptors (Lipinski definition) is 6. The summed E-state index contributed by atoms with van der Waals surface area (Å²) in [6.07, 6.45) is 0.546. The molecule has 1 N–H and O–H groups in total. The molecule has 1 aliphatic rings. The number of sulfonamides is 1. The molecule has 2 aromatic carbocycles. The van der Waals surface area contributed by atoms with Crippen molar-refractivity contribution in [2.24, 2.45) is 0 Å². The van der Waals surface area contributed by atoms with Gasteiger partial charge in [-0.05, 0) is 24.1 Å². The third-order valence-corrected chi connectivity index (χ3v) is 6.84. The van der Waals surface area contributed by atoms with E-state index in [1.165, 1.54) is 3.98 Å². The van der Waals surface area contributed by atoms with Gasteiger partial charge in [-0.3, -0.25) is 5.32 Å². The van der Waals surface area contributed by atoms with E-state index in [-0.39, 0.29) is 4.90 Å². The number of nitrogens with zero attached hydrogens (tertiary/aromatic N) is 3. The maximum Gasteiger partial charge on any atom is 0.333 e. The van der Waals surface area contributed by atoms with E-state index < -0.39 is 10.0 Å². The van der Waals surface area contributed by atoms with Crippen LogP contribution in [0.5, 0.6) is 0 Å². The van der Waals surface area contributed by atoms with E-state index in [4.69, 9.17) is 0 Å². The molecule has 25 heavy (non-hydrogen) atoms. The molecule has 3 aromatic rings. The maximum absolute atomic E-state index is 13.4. The largest absolute Gasteiger partial charge is 0.333 e. The van der Waals surface area contributed by atoms with E-state index in [0.29, 0.717) is 41.9 Å². The van der Waals surface area contributed by atoms with Gasteiger partial charge >= 0.3 is 10.0 Å². The predicted octanol–water partition coefficient (Wildman–Crippen LogP) is 1.95. The molecular formula is C17H17N4O2S2+. The fourth-order valence-electron chi connectivity index (χ4n) is 3.09. The van der Waals surface area contributed by atoms with E-state index >= 15 is 0 Å². The molecule has 8 heteroatoms. The minimum absolute atomic E-state index is 0.257. The summed E-state index contributed by atoms with van der Waals surface area (Å²) in [5.41, 5.74) is 2.82. The van der Waals surface area contributed by atoms with E-state index in [0.717, 1.165) is 17.3 Å². The van der Waals surface area contributed by atoms with Crippen LogP contribution >= 0.6 is 11.7 Å². The van der Waals surface area contributed by atoms with Crippen LogP contribution in [-0.4, -0.2) is 40.1 Å². The molecule has 0 unspecified atom stereocenters. The summed E-state index contributed by atoms with van der Waals surface area (Å²) >= 11 is 1.03. The standard InChI is InChI=1S/C17H16N4O2S2/c1-12-7-8-14-16(20-24-19-14)17(12)25(22,23)21-10-9-18-15(21)11-13-5-3-2-4-6-13/h2-8H,9-11H2,1H3/p+1. The lowest BCUT2D eigenvalue weighted by Crippen LogP contribution is -2.29. The summed E-state index contributed by atoms with van der Waals surface area (Å²) in [6.45, 7) is 2.82. The molecule has 1 aromatic heterocycles. The van der Waals surface area contributed by atoms with Gasteiger partial charge < -0.3 is 0 Å². The number of benzene rings is 2. The van der Waals surface area contributed by atoms with Gasteiger partial charge in [-0.1, -0.05) is 36.4 Å². The van der Waals surface area contributed by atoms with Gasteiger partial charge in [0.15, 0.2) is 0 Å². The summed E-state index contributed by atoms with van der Waals surface area (Å²) in [5, 5.41) is 3.22. The Hall–Kier alpha value is -2.32. The van der Waals surface area contributed by atoms with Gasteiger partial charge in [-0.2, -0.15) is 17.2 Å². The smallest absolute Gasteiger partial charge is 0.273 e. The number of hydrogen-bond donors (Lipinski definition) is 1. The van der Waals surface area contributed by atoms with Crippen LogP contribution in [0, 0.1) is 6.92 Å². The Labute approximate surface area is 150 Å². The van der Waals surface area contributed by atoms with E-state index in [1.807, 2.05) is 36.4 Å². The quantitative estimate of drug-likeness (QED) is 0.708. The van der Waals surface area contributed by atoms with Crippen LogP contribution in [0.2, 0.25) is 0 Å². The first kappa shape index (κ1) is 16.2. The van der Waals surface area contributed by atoms with Crippen molar-refractivity contribution in [3.8, 4) is 0 Å². The number of fused-ring (bicyclic) bond motifs is 1. The van der Waals surface area contributed by atoms with Crippen LogP contribution in [0.1, 0.15) is 11.1 Å². The van der Waals surface area contributed by atoms with Crippen LogP contribution in [0.3, 0.4) is 0 Å². The number of nitrogens with one attached hydrogen (secondary N) is 1. The van der Waals surface area contributed by atoms with Crippen molar-refractivity contribution >= 4 is 38.6 Å². The lowest BCUT2D eigenvalue weighted by Gasteiger charge is -2.09. The molecule has 128 valence electrons. The van der Waals surface area contributed by atoms with E-state index in [2.05, 4.69) is 14.1 Å². The van der Waals surface area contributed by atoms with Gasteiger partial charge in [-0.15, -0.1) is 3.98 Å². The van der Waals surface area contributed by atoms with Crippen molar-refractivity contribution in [2.75, 3.05) is 13.1 Å². The van der Waals surface area contributed by atoms with Crippen molar-refractivity contribution in [2.45, 2.75) is 18.2 Å². The van der Waals surface area contributed by atoms with Crippen LogP contribution in [0.25, 0.3) is 11.0 Å². The molecule has 0 saturated carbocycles. The summed E-state index contributed by atoms with van der Waals surface area (Å²) in [5.74, 6) is 0.700. The third kappa shape index (κ3) is 2.81. The molecule has 0 fully saturated rings. The lowest BCUT2D eigenvalue weighted by atomic mass is 10.1. The summed E-state index contributed by atoms with van der Waals surface area (Å²) < 4.78 is 36.6. The molecule has 0 spiro atoms. The number of aryl methyl sites for hydroxylation is 1. The van der Waals surface area contributed by atoms with Gasteiger partial charge in [0.2, 0.25) is 0 Å². The van der Waals surface area contributed by atoms with Crippen LogP contribution in [0.4, 0.5) is 0 Å². The van der Waals surface area contributed by atoms with Crippen molar-refractivity contribution in [3.63, 3.8) is 0 Å². The van der Waals surface area contributed by atoms with Crippen molar-refractivity contribution < 1.29 is 12.4 Å². The highest BCUT2D eigenvalue weighted by atomic mass is 32.2. The first-order chi connectivity index (χ1) is 12.1. The Balaban J connectivity index is 1.84. The highest BCUT2D eigenvalue weighted by molar-refractivity contribution is 7.85. The Kier molecular flexibility index (Phi) is 4.01. The molecule has 0 saturated heterocycles. The molecule has 2 heterocycles. The summed E-state index contributed by atoms with van der Waals surface area (Å²) in [6, 6.07) is 13.4. The van der Waals surface area contributed by atoms with Gasteiger partial charge in [0.05, 0.1) is 18.1 Å². The Bertz CT molecular complexity index is 1070. The molecule has 0 atom stereocenters. The molecular weight excluding hydrogens is 356 g/mol. The Morgan fingerprint density at radius 1 is 1.16 bits per heavy atom. The SMILES string of the molecule is Cc1ccc2nsnc2c1S(=O)(=O)[N+]1=C(Cc2ccccc2)NCC1. The Morgan fingerprint density at radius 3 is 2.76 bits per heavy atom. The molecule has 6 nitrogen and oxygen atoms in total. The zero-order chi connectivity index (χ0) is 17.4. The summed E-state index contributed by atoms with van der Waals surface area (Å²) in [7, 11) is -3.70. The molecule has 0 bridgehead atoms. The fraction of sp³-hybridized carbons (Fsp3) is 0.235. The molecule has 4 rings (SSSR count). The zero-order valence-corrected chi connectivity index (χ0v) is 15.3. The maximum atomic E-state index is 13.4. The van der Waals surface area contributed by atoms with Crippen LogP contribution in [-0.2, 0) is 16.4 Å². The Morgan fingerprint density at radius 2 is 1.96 bits per heavy atom. The summed E-state index contributed by atoms with van der Waals surface area (Å²) in [4.78, 5) is 0.257. The van der Waals surface area contributed by atoms with Gasteiger partial charge in [0.25, 0.3) is 5.84 Å². The average Bonchev–Trinajstić information content (AvgIpc) is 3.24. The van der Waals surface area contributed by atoms with Gasteiger partial charge in [0.1, 0.15) is 29.0 Å². The van der Waals surface area contributed by atoms with Crippen LogP contribution in [0.15, 0.2) is 47.4 Å². The van der Waals surface area contributed by atoms with E-state index in [1.54, 1.807) is 13.0 Å².